The Morgan fingerprint density at radius 1 is 1.08 bits per heavy atom. The molecule has 0 saturated carbocycles. The first-order chi connectivity index (χ1) is 11.5. The van der Waals surface area contributed by atoms with Gasteiger partial charge >= 0.3 is 17.8 Å². The minimum absolute atomic E-state index is 0.0119. The molecule has 2 aliphatic heterocycles. The number of urea groups is 1. The fourth-order valence-corrected chi connectivity index (χ4v) is 3.00. The second-order valence-corrected chi connectivity index (χ2v) is 5.71. The van der Waals surface area contributed by atoms with Crippen LogP contribution in [-0.4, -0.2) is 57.6 Å². The zero-order valence-corrected chi connectivity index (χ0v) is 13.1. The summed E-state index contributed by atoms with van der Waals surface area (Å²) >= 11 is 0. The first kappa shape index (κ1) is 15.9. The van der Waals surface area contributed by atoms with Crippen molar-refractivity contribution in [1.82, 2.24) is 14.7 Å². The molecular formula is C17H17N3O4. The molecule has 7 heteroatoms. The number of benzene rings is 1. The average Bonchev–Trinajstić information content (AvgIpc) is 3.03. The van der Waals surface area contributed by atoms with Gasteiger partial charge in [-0.05, 0) is 12.0 Å². The molecule has 5 amide bonds. The summed E-state index contributed by atoms with van der Waals surface area (Å²) in [6.45, 7) is 4.37. The van der Waals surface area contributed by atoms with E-state index in [-0.39, 0.29) is 12.5 Å². The van der Waals surface area contributed by atoms with Crippen LogP contribution in [0, 0.1) is 0 Å². The van der Waals surface area contributed by atoms with Crippen LogP contribution in [-0.2, 0) is 20.9 Å². The highest BCUT2D eigenvalue weighted by atomic mass is 16.2. The first-order valence-electron chi connectivity index (χ1n) is 7.67. The molecule has 3 rings (SSSR count). The SMILES string of the molecule is C=CCN1CC[C@H](N2C(=O)C(=O)N(Cc3ccccc3)C2=O)C1=O. The van der Waals surface area contributed by atoms with Gasteiger partial charge in [-0.1, -0.05) is 36.4 Å². The molecule has 1 aromatic carbocycles. The zero-order chi connectivity index (χ0) is 17.3. The fraction of sp³-hybridized carbons (Fsp3) is 0.294. The van der Waals surface area contributed by atoms with Crippen LogP contribution < -0.4 is 0 Å². The number of nitrogens with zero attached hydrogens (tertiary/aromatic N) is 3. The maximum absolute atomic E-state index is 12.5. The summed E-state index contributed by atoms with van der Waals surface area (Å²) in [5.74, 6) is -2.15. The molecule has 2 fully saturated rings. The third-order valence-corrected chi connectivity index (χ3v) is 4.20. The highest BCUT2D eigenvalue weighted by Gasteiger charge is 2.51. The Morgan fingerprint density at radius 2 is 1.79 bits per heavy atom. The van der Waals surface area contributed by atoms with Crippen LogP contribution in [0.25, 0.3) is 0 Å². The van der Waals surface area contributed by atoms with Crippen molar-refractivity contribution in [3.63, 3.8) is 0 Å². The van der Waals surface area contributed by atoms with Crippen molar-refractivity contribution >= 4 is 23.8 Å². The van der Waals surface area contributed by atoms with Crippen LogP contribution >= 0.6 is 0 Å². The predicted molar refractivity (Wildman–Crippen MR) is 84.4 cm³/mol. The van der Waals surface area contributed by atoms with Gasteiger partial charge in [0.05, 0.1) is 6.54 Å². The second kappa shape index (κ2) is 6.27. The van der Waals surface area contributed by atoms with E-state index in [9.17, 15) is 19.2 Å². The molecule has 0 aromatic heterocycles. The lowest BCUT2D eigenvalue weighted by Crippen LogP contribution is -2.46. The van der Waals surface area contributed by atoms with E-state index < -0.39 is 23.9 Å². The van der Waals surface area contributed by atoms with Gasteiger partial charge in [0, 0.05) is 13.1 Å². The molecule has 0 spiro atoms. The van der Waals surface area contributed by atoms with Crippen molar-refractivity contribution in [3.05, 3.63) is 48.6 Å². The number of hydrogen-bond acceptors (Lipinski definition) is 4. The number of carbonyl (C=O) groups is 4. The topological polar surface area (TPSA) is 78.0 Å². The van der Waals surface area contributed by atoms with Gasteiger partial charge in [-0.25, -0.2) is 9.69 Å². The Labute approximate surface area is 139 Å². The quantitative estimate of drug-likeness (QED) is 0.454. The van der Waals surface area contributed by atoms with Gasteiger partial charge in [0.25, 0.3) is 0 Å². The fourth-order valence-electron chi connectivity index (χ4n) is 3.00. The maximum atomic E-state index is 12.5. The third-order valence-electron chi connectivity index (χ3n) is 4.20. The molecule has 2 heterocycles. The standard InChI is InChI=1S/C17H17N3O4/c1-2-9-18-10-8-13(14(18)21)20-16(23)15(22)19(17(20)24)11-12-6-4-3-5-7-12/h2-7,13H,1,8-11H2/t13-/m0/s1. The van der Waals surface area contributed by atoms with E-state index in [2.05, 4.69) is 6.58 Å². The monoisotopic (exact) mass is 327 g/mol. The summed E-state index contributed by atoms with van der Waals surface area (Å²) in [7, 11) is 0. The molecule has 0 bridgehead atoms. The van der Waals surface area contributed by atoms with Crippen molar-refractivity contribution in [2.75, 3.05) is 13.1 Å². The molecule has 2 aliphatic rings. The van der Waals surface area contributed by atoms with E-state index >= 15 is 0 Å². The molecule has 0 aliphatic carbocycles. The lowest BCUT2D eigenvalue weighted by atomic mass is 10.2. The van der Waals surface area contributed by atoms with Gasteiger partial charge in [-0.3, -0.25) is 19.3 Å². The van der Waals surface area contributed by atoms with Gasteiger partial charge in [0.2, 0.25) is 5.91 Å². The van der Waals surface area contributed by atoms with Gasteiger partial charge in [-0.2, -0.15) is 0 Å². The number of likely N-dealkylation sites (tertiary alicyclic amines) is 1. The molecular weight excluding hydrogens is 310 g/mol. The van der Waals surface area contributed by atoms with Gasteiger partial charge in [0.1, 0.15) is 6.04 Å². The van der Waals surface area contributed by atoms with Crippen LogP contribution in [0.4, 0.5) is 4.79 Å². The number of hydrogen-bond donors (Lipinski definition) is 0. The minimum Gasteiger partial charge on any atom is -0.337 e. The molecule has 0 unspecified atom stereocenters. The van der Waals surface area contributed by atoms with Crippen LogP contribution in [0.2, 0.25) is 0 Å². The Kier molecular flexibility index (Phi) is 4.16. The Morgan fingerprint density at radius 3 is 2.46 bits per heavy atom. The minimum atomic E-state index is -0.935. The molecule has 0 radical (unpaired) electrons. The Balaban J connectivity index is 1.80. The first-order valence-corrected chi connectivity index (χ1v) is 7.67. The van der Waals surface area contributed by atoms with Crippen molar-refractivity contribution in [2.45, 2.75) is 19.0 Å². The zero-order valence-electron chi connectivity index (χ0n) is 13.1. The summed E-state index contributed by atoms with van der Waals surface area (Å²) in [6, 6.07) is 7.28. The summed E-state index contributed by atoms with van der Waals surface area (Å²) in [4.78, 5) is 52.5. The third kappa shape index (κ3) is 2.58. The smallest absolute Gasteiger partial charge is 0.335 e. The number of amides is 5. The highest BCUT2D eigenvalue weighted by molar-refractivity contribution is 6.45. The van der Waals surface area contributed by atoms with Crippen molar-refractivity contribution in [3.8, 4) is 0 Å². The number of rotatable bonds is 5. The predicted octanol–water partition coefficient (Wildman–Crippen LogP) is 0.764. The molecule has 2 saturated heterocycles. The number of carbonyl (C=O) groups excluding carboxylic acids is 4. The van der Waals surface area contributed by atoms with Gasteiger partial charge in [0.15, 0.2) is 0 Å². The van der Waals surface area contributed by atoms with E-state index in [0.29, 0.717) is 19.5 Å². The Bertz CT molecular complexity index is 716. The molecule has 124 valence electrons. The van der Waals surface area contributed by atoms with Gasteiger partial charge < -0.3 is 4.90 Å². The molecule has 1 aromatic rings. The van der Waals surface area contributed by atoms with Gasteiger partial charge in [-0.15, -0.1) is 6.58 Å². The lowest BCUT2D eigenvalue weighted by Gasteiger charge is -2.21. The van der Waals surface area contributed by atoms with Crippen molar-refractivity contribution in [1.29, 1.82) is 0 Å². The van der Waals surface area contributed by atoms with E-state index in [1.807, 2.05) is 6.07 Å². The van der Waals surface area contributed by atoms with E-state index in [1.54, 1.807) is 30.3 Å². The van der Waals surface area contributed by atoms with Crippen LogP contribution in [0.5, 0.6) is 0 Å². The molecule has 1 atom stereocenters. The average molecular weight is 327 g/mol. The second-order valence-electron chi connectivity index (χ2n) is 5.71. The highest BCUT2D eigenvalue weighted by Crippen LogP contribution is 2.24. The molecule has 0 N–H and O–H groups in total. The van der Waals surface area contributed by atoms with Crippen LogP contribution in [0.15, 0.2) is 43.0 Å². The largest absolute Gasteiger partial charge is 0.337 e. The van der Waals surface area contributed by atoms with Crippen LogP contribution in [0.3, 0.4) is 0 Å². The summed E-state index contributed by atoms with van der Waals surface area (Å²) in [5.41, 5.74) is 0.736. The van der Waals surface area contributed by atoms with Crippen molar-refractivity contribution in [2.24, 2.45) is 0 Å². The summed E-state index contributed by atoms with van der Waals surface area (Å²) in [5, 5.41) is 0. The molecule has 24 heavy (non-hydrogen) atoms. The molecule has 7 nitrogen and oxygen atoms in total. The maximum Gasteiger partial charge on any atom is 0.335 e. The van der Waals surface area contributed by atoms with E-state index in [1.165, 1.54) is 4.90 Å². The van der Waals surface area contributed by atoms with E-state index in [0.717, 1.165) is 15.4 Å². The summed E-state index contributed by atoms with van der Waals surface area (Å²) in [6.07, 6.45) is 1.91. The van der Waals surface area contributed by atoms with Crippen molar-refractivity contribution < 1.29 is 19.2 Å². The number of imide groups is 2. The van der Waals surface area contributed by atoms with Crippen LogP contribution in [0.1, 0.15) is 12.0 Å². The Hall–Kier alpha value is -2.96. The van der Waals surface area contributed by atoms with E-state index in [4.69, 9.17) is 0 Å². The lowest BCUT2D eigenvalue weighted by molar-refractivity contribution is -0.145. The normalized spacial score (nSPS) is 21.2. The summed E-state index contributed by atoms with van der Waals surface area (Å²) < 4.78 is 0.